The molecular weight excluding hydrogens is 160 g/mol. The molecule has 0 bridgehead atoms. The fourth-order valence-corrected chi connectivity index (χ4v) is 1.02. The van der Waals surface area contributed by atoms with Crippen LogP contribution >= 0.6 is 12.2 Å². The van der Waals surface area contributed by atoms with E-state index < -0.39 is 0 Å². The molecule has 1 heterocycles. The molecule has 58 valence electrons. The van der Waals surface area contributed by atoms with Gasteiger partial charge in [-0.1, -0.05) is 18.3 Å². The molecule has 1 aromatic heterocycles. The van der Waals surface area contributed by atoms with Crippen LogP contribution in [0.2, 0.25) is 0 Å². The standard InChI is InChI=1S/C7H8N2OS/c1-9-5(7(8)11)3-2-4-6(9)10/h2-4H,1H3,(H2,8,11). The van der Waals surface area contributed by atoms with E-state index in [4.69, 9.17) is 18.0 Å². The van der Waals surface area contributed by atoms with E-state index in [-0.39, 0.29) is 10.5 Å². The van der Waals surface area contributed by atoms with Crippen LogP contribution in [0.15, 0.2) is 23.0 Å². The molecule has 0 aromatic carbocycles. The Bertz CT molecular complexity index is 343. The Morgan fingerprint density at radius 3 is 2.73 bits per heavy atom. The quantitative estimate of drug-likeness (QED) is 0.601. The zero-order chi connectivity index (χ0) is 8.43. The average Bonchev–Trinajstić information content (AvgIpc) is 1.94. The lowest BCUT2D eigenvalue weighted by molar-refractivity contribution is 0.849. The Labute approximate surface area is 69.5 Å². The molecular formula is C7H8N2OS. The summed E-state index contributed by atoms with van der Waals surface area (Å²) in [6.07, 6.45) is 0. The number of pyridine rings is 1. The predicted octanol–water partition coefficient (Wildman–Crippen LogP) is 0.0195. The van der Waals surface area contributed by atoms with Crippen molar-refractivity contribution >= 4 is 17.2 Å². The van der Waals surface area contributed by atoms with E-state index in [1.807, 2.05) is 0 Å². The van der Waals surface area contributed by atoms with Crippen LogP contribution < -0.4 is 11.3 Å². The summed E-state index contributed by atoms with van der Waals surface area (Å²) in [6.45, 7) is 0. The topological polar surface area (TPSA) is 48.0 Å². The van der Waals surface area contributed by atoms with E-state index in [2.05, 4.69) is 0 Å². The smallest absolute Gasteiger partial charge is 0.250 e. The van der Waals surface area contributed by atoms with Gasteiger partial charge in [-0.2, -0.15) is 0 Å². The zero-order valence-corrected chi connectivity index (χ0v) is 6.89. The minimum atomic E-state index is -0.102. The highest BCUT2D eigenvalue weighted by atomic mass is 32.1. The summed E-state index contributed by atoms with van der Waals surface area (Å²) >= 11 is 4.73. The highest BCUT2D eigenvalue weighted by Crippen LogP contribution is 1.92. The molecule has 4 heteroatoms. The van der Waals surface area contributed by atoms with Crippen molar-refractivity contribution in [2.24, 2.45) is 12.8 Å². The van der Waals surface area contributed by atoms with E-state index in [1.165, 1.54) is 10.6 Å². The fourth-order valence-electron chi connectivity index (χ4n) is 0.811. The summed E-state index contributed by atoms with van der Waals surface area (Å²) < 4.78 is 1.42. The second-order valence-electron chi connectivity index (χ2n) is 2.17. The van der Waals surface area contributed by atoms with Crippen molar-refractivity contribution in [1.82, 2.24) is 4.57 Å². The van der Waals surface area contributed by atoms with Crippen LogP contribution in [-0.4, -0.2) is 9.56 Å². The molecule has 0 radical (unpaired) electrons. The number of rotatable bonds is 1. The van der Waals surface area contributed by atoms with E-state index >= 15 is 0 Å². The molecule has 3 nitrogen and oxygen atoms in total. The Morgan fingerprint density at radius 2 is 2.27 bits per heavy atom. The second kappa shape index (κ2) is 2.84. The third kappa shape index (κ3) is 1.46. The number of aromatic nitrogens is 1. The molecule has 0 spiro atoms. The molecule has 0 amide bonds. The molecule has 1 rings (SSSR count). The largest absolute Gasteiger partial charge is 0.388 e. The van der Waals surface area contributed by atoms with Gasteiger partial charge in [-0.15, -0.1) is 0 Å². The van der Waals surface area contributed by atoms with E-state index in [0.29, 0.717) is 5.69 Å². The van der Waals surface area contributed by atoms with Gasteiger partial charge in [0.15, 0.2) is 0 Å². The maximum absolute atomic E-state index is 11.0. The minimum Gasteiger partial charge on any atom is -0.388 e. The zero-order valence-electron chi connectivity index (χ0n) is 6.07. The second-order valence-corrected chi connectivity index (χ2v) is 2.61. The van der Waals surface area contributed by atoms with E-state index in [1.54, 1.807) is 19.2 Å². The molecule has 0 aliphatic carbocycles. The van der Waals surface area contributed by atoms with Crippen LogP contribution in [-0.2, 0) is 7.05 Å². The maximum Gasteiger partial charge on any atom is 0.250 e. The molecule has 0 saturated heterocycles. The number of nitrogens with two attached hydrogens (primary N) is 1. The Morgan fingerprint density at radius 1 is 1.64 bits per heavy atom. The van der Waals surface area contributed by atoms with Crippen LogP contribution in [0, 0.1) is 0 Å². The molecule has 1 aromatic rings. The van der Waals surface area contributed by atoms with Crippen LogP contribution in [0.4, 0.5) is 0 Å². The summed E-state index contributed by atoms with van der Waals surface area (Å²) in [4.78, 5) is 11.2. The maximum atomic E-state index is 11.0. The van der Waals surface area contributed by atoms with Crippen molar-refractivity contribution in [3.63, 3.8) is 0 Å². The van der Waals surface area contributed by atoms with Gasteiger partial charge in [-0.3, -0.25) is 4.79 Å². The Kier molecular flexibility index (Phi) is 2.05. The fraction of sp³-hybridized carbons (Fsp3) is 0.143. The number of hydrogen-bond acceptors (Lipinski definition) is 2. The van der Waals surface area contributed by atoms with Gasteiger partial charge in [0.05, 0.1) is 5.69 Å². The van der Waals surface area contributed by atoms with Crippen molar-refractivity contribution < 1.29 is 0 Å². The normalized spacial score (nSPS) is 9.55. The van der Waals surface area contributed by atoms with Gasteiger partial charge in [0.1, 0.15) is 4.99 Å². The lowest BCUT2D eigenvalue weighted by atomic mass is 10.3. The SMILES string of the molecule is Cn1c(C(N)=S)cccc1=O. The number of nitrogens with zero attached hydrogens (tertiary/aromatic N) is 1. The lowest BCUT2D eigenvalue weighted by Gasteiger charge is -2.03. The molecule has 0 fully saturated rings. The van der Waals surface area contributed by atoms with Crippen molar-refractivity contribution in [2.45, 2.75) is 0 Å². The van der Waals surface area contributed by atoms with E-state index in [9.17, 15) is 4.79 Å². The predicted molar refractivity (Wildman–Crippen MR) is 47.6 cm³/mol. The first-order valence-corrected chi connectivity index (χ1v) is 3.49. The third-order valence-electron chi connectivity index (χ3n) is 1.44. The van der Waals surface area contributed by atoms with Gasteiger partial charge in [-0.25, -0.2) is 0 Å². The van der Waals surface area contributed by atoms with Crippen LogP contribution in [0.5, 0.6) is 0 Å². The average molecular weight is 168 g/mol. The minimum absolute atomic E-state index is 0.102. The Balaban J connectivity index is 3.39. The van der Waals surface area contributed by atoms with Crippen LogP contribution in [0.3, 0.4) is 0 Å². The molecule has 0 atom stereocenters. The first kappa shape index (κ1) is 7.94. The summed E-state index contributed by atoms with van der Waals surface area (Å²) in [5.41, 5.74) is 5.84. The third-order valence-corrected chi connectivity index (χ3v) is 1.65. The Hall–Kier alpha value is -1.16. The molecule has 0 aliphatic heterocycles. The summed E-state index contributed by atoms with van der Waals surface area (Å²) in [6, 6.07) is 4.81. The van der Waals surface area contributed by atoms with Crippen molar-refractivity contribution in [3.8, 4) is 0 Å². The van der Waals surface area contributed by atoms with Gasteiger partial charge >= 0.3 is 0 Å². The van der Waals surface area contributed by atoms with Gasteiger partial charge in [0.25, 0.3) is 5.56 Å². The van der Waals surface area contributed by atoms with Crippen LogP contribution in [0.1, 0.15) is 5.69 Å². The molecule has 2 N–H and O–H groups in total. The van der Waals surface area contributed by atoms with Crippen molar-refractivity contribution in [3.05, 3.63) is 34.2 Å². The summed E-state index contributed by atoms with van der Waals surface area (Å²) in [7, 11) is 1.64. The molecule has 0 saturated carbocycles. The summed E-state index contributed by atoms with van der Waals surface area (Å²) in [5, 5.41) is 0. The molecule has 0 aliphatic rings. The molecule has 11 heavy (non-hydrogen) atoms. The number of hydrogen-bond donors (Lipinski definition) is 1. The molecule has 0 unspecified atom stereocenters. The van der Waals surface area contributed by atoms with Crippen molar-refractivity contribution in [2.75, 3.05) is 0 Å². The summed E-state index contributed by atoms with van der Waals surface area (Å²) in [5.74, 6) is 0. The van der Waals surface area contributed by atoms with Crippen LogP contribution in [0.25, 0.3) is 0 Å². The van der Waals surface area contributed by atoms with Gasteiger partial charge in [0.2, 0.25) is 0 Å². The number of thiocarbonyl (C=S) groups is 1. The van der Waals surface area contributed by atoms with Gasteiger partial charge in [-0.05, 0) is 6.07 Å². The lowest BCUT2D eigenvalue weighted by Crippen LogP contribution is -2.24. The monoisotopic (exact) mass is 168 g/mol. The first-order chi connectivity index (χ1) is 5.13. The highest BCUT2D eigenvalue weighted by molar-refractivity contribution is 7.80. The highest BCUT2D eigenvalue weighted by Gasteiger charge is 1.99. The van der Waals surface area contributed by atoms with Gasteiger partial charge in [0, 0.05) is 13.1 Å². The van der Waals surface area contributed by atoms with Gasteiger partial charge < -0.3 is 10.3 Å². The van der Waals surface area contributed by atoms with Crippen molar-refractivity contribution in [1.29, 1.82) is 0 Å². The first-order valence-electron chi connectivity index (χ1n) is 3.09. The van der Waals surface area contributed by atoms with E-state index in [0.717, 1.165) is 0 Å².